The zero-order chi connectivity index (χ0) is 31.8. The first kappa shape index (κ1) is 31.3. The maximum atomic E-state index is 15.2. The van der Waals surface area contributed by atoms with Crippen molar-refractivity contribution in [3.05, 3.63) is 86.0 Å². The number of nitrogens with zero attached hydrogens (tertiary/aromatic N) is 2. The largest absolute Gasteiger partial charge is 0.480 e. The Bertz CT molecular complexity index is 1900. The van der Waals surface area contributed by atoms with Gasteiger partial charge in [-0.1, -0.05) is 17.7 Å². The first-order chi connectivity index (χ1) is 20.1. The molecule has 15 heteroatoms. The number of carboxylic acid groups (broad SMARTS) is 1. The Morgan fingerprint density at radius 1 is 1.12 bits per heavy atom. The summed E-state index contributed by atoms with van der Waals surface area (Å²) in [7, 11) is -3.15. The van der Waals surface area contributed by atoms with E-state index in [1.807, 2.05) is 0 Å². The van der Waals surface area contributed by atoms with Crippen molar-refractivity contribution in [3.63, 3.8) is 0 Å². The van der Waals surface area contributed by atoms with E-state index in [2.05, 4.69) is 25.0 Å². The monoisotopic (exact) mass is 616 g/mol. The molecule has 43 heavy (non-hydrogen) atoms. The van der Waals surface area contributed by atoms with Crippen LogP contribution < -0.4 is 15.5 Å². The lowest BCUT2D eigenvalue weighted by molar-refractivity contribution is -0.139. The van der Waals surface area contributed by atoms with E-state index in [-0.39, 0.29) is 22.5 Å². The van der Waals surface area contributed by atoms with E-state index in [0.717, 1.165) is 28.4 Å². The van der Waals surface area contributed by atoms with Gasteiger partial charge >= 0.3 is 5.97 Å². The maximum Gasteiger partial charge on any atom is 0.323 e. The average molecular weight is 617 g/mol. The number of sulfonamides is 1. The van der Waals surface area contributed by atoms with Crippen molar-refractivity contribution >= 4 is 38.8 Å². The molecule has 0 aliphatic carbocycles. The van der Waals surface area contributed by atoms with Gasteiger partial charge in [0.2, 0.25) is 21.4 Å². The number of aryl methyl sites for hydroxylation is 4. The molecule has 0 saturated carbocycles. The van der Waals surface area contributed by atoms with E-state index in [1.165, 1.54) is 13.2 Å². The van der Waals surface area contributed by atoms with Crippen molar-refractivity contribution in [2.75, 3.05) is 18.9 Å². The molecular weight excluding hydrogens is 586 g/mol. The predicted molar refractivity (Wildman–Crippen MR) is 154 cm³/mol. The van der Waals surface area contributed by atoms with Crippen LogP contribution in [0.5, 0.6) is 0 Å². The number of carbonyl (C=O) groups excluding carboxylic acids is 1. The van der Waals surface area contributed by atoms with Gasteiger partial charge in [-0.05, 0) is 44.9 Å². The molecule has 0 aliphatic rings. The summed E-state index contributed by atoms with van der Waals surface area (Å²) in [6.45, 7) is 5.76. The number of likely N-dealkylation sites (N-methyl/N-ethyl adjacent to an activating group) is 1. The van der Waals surface area contributed by atoms with Crippen molar-refractivity contribution in [1.29, 1.82) is 0 Å². The van der Waals surface area contributed by atoms with Gasteiger partial charge in [-0.15, -0.1) is 0 Å². The summed E-state index contributed by atoms with van der Waals surface area (Å²) in [5.74, 6) is -4.34. The lowest BCUT2D eigenvalue weighted by Crippen LogP contribution is -2.49. The smallest absolute Gasteiger partial charge is 0.323 e. The molecule has 4 rings (SSSR count). The van der Waals surface area contributed by atoms with Crippen LogP contribution in [-0.2, 0) is 21.4 Å². The average Bonchev–Trinajstić information content (AvgIpc) is 3.32. The molecule has 0 saturated heterocycles. The second-order valence-electron chi connectivity index (χ2n) is 10.3. The molecule has 0 fully saturated rings. The number of aromatic nitrogens is 3. The minimum absolute atomic E-state index is 0.0813. The van der Waals surface area contributed by atoms with Crippen molar-refractivity contribution in [2.45, 2.75) is 45.2 Å². The third kappa shape index (κ3) is 6.41. The number of carbonyl (C=O) groups is 2. The van der Waals surface area contributed by atoms with Gasteiger partial charge in [-0.3, -0.25) is 14.4 Å². The highest BCUT2D eigenvalue weighted by molar-refractivity contribution is 7.89. The number of benzene rings is 2. The minimum atomic E-state index is -4.32. The number of hydrogen-bond acceptors (Lipinski definition) is 7. The first-order valence-corrected chi connectivity index (χ1v) is 14.4. The second kappa shape index (κ2) is 11.9. The van der Waals surface area contributed by atoms with Gasteiger partial charge < -0.3 is 25.3 Å². The number of hydrogen-bond donors (Lipinski definition) is 5. The van der Waals surface area contributed by atoms with Crippen molar-refractivity contribution in [3.8, 4) is 0 Å². The molecule has 0 bridgehead atoms. The number of rotatable bonds is 10. The second-order valence-corrected chi connectivity index (χ2v) is 11.9. The van der Waals surface area contributed by atoms with E-state index >= 15 is 4.39 Å². The van der Waals surface area contributed by atoms with Crippen LogP contribution in [0.4, 0.5) is 14.7 Å². The highest BCUT2D eigenvalue weighted by Crippen LogP contribution is 2.23. The Morgan fingerprint density at radius 3 is 2.35 bits per heavy atom. The van der Waals surface area contributed by atoms with Gasteiger partial charge in [-0.25, -0.2) is 22.2 Å². The molecular formula is C28H30F2N6O6S. The molecule has 1 unspecified atom stereocenters. The number of aliphatic carboxylic acids is 1. The fourth-order valence-corrected chi connectivity index (χ4v) is 6.53. The van der Waals surface area contributed by atoms with Gasteiger partial charge in [0, 0.05) is 43.8 Å². The molecule has 0 spiro atoms. The molecule has 0 radical (unpaired) electrons. The van der Waals surface area contributed by atoms with Crippen molar-refractivity contribution < 1.29 is 31.9 Å². The standard InChI is InChI=1S/C28H30F2N6O6S/c1-13-6-14(2)25(15(3)7-13)43(41,42)35-21(27(39)40)12-36(5)26(38)19-11-31-23-17(24(19)37)8-20(29)18(22(23)30)10-33-28-32-9-16(4)34-28/h6-9,11,21,35H,10,12H2,1-5H3,(H,31,37)(H,39,40)(H2,32,33,34). The van der Waals surface area contributed by atoms with Crippen LogP contribution in [-0.4, -0.2) is 64.9 Å². The number of amides is 1. The molecule has 2 aromatic heterocycles. The van der Waals surface area contributed by atoms with Gasteiger partial charge in [-0.2, -0.15) is 4.72 Å². The van der Waals surface area contributed by atoms with Crippen LogP contribution in [0.25, 0.3) is 10.9 Å². The summed E-state index contributed by atoms with van der Waals surface area (Å²) in [5, 5.41) is 12.1. The fraction of sp³-hybridized carbons (Fsp3) is 0.286. The van der Waals surface area contributed by atoms with E-state index in [4.69, 9.17) is 0 Å². The van der Waals surface area contributed by atoms with E-state index < -0.39 is 62.5 Å². The Morgan fingerprint density at radius 2 is 1.77 bits per heavy atom. The van der Waals surface area contributed by atoms with Crippen molar-refractivity contribution in [1.82, 2.24) is 24.6 Å². The van der Waals surface area contributed by atoms with Crippen LogP contribution in [0.3, 0.4) is 0 Å². The molecule has 12 nitrogen and oxygen atoms in total. The van der Waals surface area contributed by atoms with Gasteiger partial charge in [0.05, 0.1) is 15.8 Å². The van der Waals surface area contributed by atoms with Gasteiger partial charge in [0.25, 0.3) is 5.91 Å². The molecule has 1 amide bonds. The zero-order valence-electron chi connectivity index (χ0n) is 23.9. The van der Waals surface area contributed by atoms with Crippen molar-refractivity contribution in [2.24, 2.45) is 0 Å². The molecule has 2 aromatic carbocycles. The van der Waals surface area contributed by atoms with Crippen LogP contribution in [0.1, 0.15) is 38.3 Å². The summed E-state index contributed by atoms with van der Waals surface area (Å²) >= 11 is 0. The summed E-state index contributed by atoms with van der Waals surface area (Å²) < 4.78 is 58.5. The normalized spacial score (nSPS) is 12.3. The SMILES string of the molecule is Cc1cc(C)c(S(=O)(=O)NC(CN(C)C(=O)c2c[nH]c3c(F)c(CNc4ncc(C)[nH]4)c(F)cc3c2=O)C(=O)O)c(C)c1. The third-order valence-electron chi connectivity index (χ3n) is 6.80. The lowest BCUT2D eigenvalue weighted by Gasteiger charge is -2.23. The van der Waals surface area contributed by atoms with Crippen LogP contribution >= 0.6 is 0 Å². The Labute approximate surface area is 245 Å². The quantitative estimate of drug-likeness (QED) is 0.181. The highest BCUT2D eigenvalue weighted by atomic mass is 32.2. The van der Waals surface area contributed by atoms with Crippen LogP contribution in [0.15, 0.2) is 40.3 Å². The third-order valence-corrected chi connectivity index (χ3v) is 8.58. The molecule has 4 aromatic rings. The molecule has 1 atom stereocenters. The molecule has 2 heterocycles. The topological polar surface area (TPSA) is 177 Å². The number of anilines is 1. The number of nitrogens with one attached hydrogen (secondary N) is 4. The summed E-state index contributed by atoms with van der Waals surface area (Å²) in [5.41, 5.74) is 0.155. The summed E-state index contributed by atoms with van der Waals surface area (Å²) in [6.07, 6.45) is 2.47. The predicted octanol–water partition coefficient (Wildman–Crippen LogP) is 2.88. The molecule has 5 N–H and O–H groups in total. The number of halogens is 2. The maximum absolute atomic E-state index is 15.2. The van der Waals surface area contributed by atoms with E-state index in [1.54, 1.807) is 39.8 Å². The lowest BCUT2D eigenvalue weighted by atomic mass is 10.1. The number of H-pyrrole nitrogens is 2. The van der Waals surface area contributed by atoms with Crippen LogP contribution in [0.2, 0.25) is 0 Å². The van der Waals surface area contributed by atoms with E-state index in [9.17, 15) is 32.3 Å². The number of imidazole rings is 1. The van der Waals surface area contributed by atoms with Gasteiger partial charge in [0.15, 0.2) is 5.82 Å². The minimum Gasteiger partial charge on any atom is -0.480 e. The number of aromatic amines is 2. The zero-order valence-corrected chi connectivity index (χ0v) is 24.7. The Kier molecular flexibility index (Phi) is 8.69. The molecule has 0 aliphatic heterocycles. The van der Waals surface area contributed by atoms with Crippen LogP contribution in [0, 0.1) is 39.3 Å². The Hall–Kier alpha value is -4.63. The molecule has 228 valence electrons. The summed E-state index contributed by atoms with van der Waals surface area (Å²) in [6, 6.07) is 2.31. The fourth-order valence-electron chi connectivity index (χ4n) is 4.90. The summed E-state index contributed by atoms with van der Waals surface area (Å²) in [4.78, 5) is 48.5. The van der Waals surface area contributed by atoms with E-state index in [0.29, 0.717) is 17.1 Å². The first-order valence-electron chi connectivity index (χ1n) is 13.0. The van der Waals surface area contributed by atoms with Gasteiger partial charge in [0.1, 0.15) is 17.4 Å². The number of pyridine rings is 1. The number of carboxylic acids is 1. The highest BCUT2D eigenvalue weighted by Gasteiger charge is 2.31. The Balaban J connectivity index is 1.58. The number of fused-ring (bicyclic) bond motifs is 1.